The van der Waals surface area contributed by atoms with Gasteiger partial charge >= 0.3 is 0 Å². The molecule has 0 atom stereocenters. The molecule has 17 rings (SSSR count). The summed E-state index contributed by atoms with van der Waals surface area (Å²) in [6.45, 7) is 17.9. The number of piperidine rings is 5. The third-order valence-corrected chi connectivity index (χ3v) is 26.3. The lowest BCUT2D eigenvalue weighted by Crippen LogP contribution is -2.59. The molecule has 0 unspecified atom stereocenters. The highest BCUT2D eigenvalue weighted by molar-refractivity contribution is 7.89. The van der Waals surface area contributed by atoms with Crippen LogP contribution in [0.5, 0.6) is 0 Å². The largest absolute Gasteiger partial charge is 0.337 e. The fourth-order valence-corrected chi connectivity index (χ4v) is 19.8. The van der Waals surface area contributed by atoms with Crippen LogP contribution in [-0.4, -0.2) is 228 Å². The summed E-state index contributed by atoms with van der Waals surface area (Å²) in [4.78, 5) is 88.0. The van der Waals surface area contributed by atoms with Gasteiger partial charge in [0.2, 0.25) is 39.6 Å². The lowest BCUT2D eigenvalue weighted by Gasteiger charge is -2.47. The van der Waals surface area contributed by atoms with E-state index in [2.05, 4.69) is 182 Å². The Labute approximate surface area is 627 Å². The predicted octanol–water partition coefficient (Wildman–Crippen LogP) is 6.39. The van der Waals surface area contributed by atoms with Crippen LogP contribution in [0.15, 0.2) is 150 Å². The summed E-state index contributed by atoms with van der Waals surface area (Å²) in [5.74, 6) is 1.25. The van der Waals surface area contributed by atoms with E-state index in [0.717, 1.165) is 142 Å². The quantitative estimate of drug-likeness (QED) is 0.0595. The van der Waals surface area contributed by atoms with Gasteiger partial charge in [0.1, 0.15) is 5.66 Å². The Hall–Kier alpha value is -7.33. The number of Topliss-reactive ketones (excluding diaryl/α,β-unsaturated/α-hetero) is 1. The zero-order valence-corrected chi connectivity index (χ0v) is 63.2. The van der Waals surface area contributed by atoms with Gasteiger partial charge in [-0.15, -0.1) is 0 Å². The van der Waals surface area contributed by atoms with Gasteiger partial charge in [0.25, 0.3) is 0 Å². The minimum absolute atomic E-state index is 0.0944. The standard InChI is InChI=1S/C20H29N3O.C18H25N3O.C15H19N3O4S.C15H21N3O.C14H19N3O/c24-19-16-23(15-17-7-3-1-4-8-17)20(21-19)11-13-22(14-12-20)18-9-5-2-6-10-18;22-17-14-21(13-15-4-2-1-3-5-15)18(19-17)8-10-20(11-9-18)12-16-6-7-16;1-11(19)12-2-4-13(5-3-12)23(21,22)18-10-14(20)17-15(18)6-8-16-9-7-15;1-17-9-7-15(8-10-17)16-14(19)12-18(15)11-13-5-3-2-4-6-13;18-13-11-17(10-12-4-2-1-3-5-12)14(16-13)6-8-15-9-7-14/h1,3-4,7-8,18H,2,5-6,9-16H2,(H,21,24);1-5,16H,6-14H2,(H,19,22);2-5,16H,6-10H2,1H3,(H,17,20);2-6H,7-12H2,1H3,(H,16,19);1-5,15H,6-11H2,(H,16,18). The number of benzene rings is 5. The number of carbonyl (C=O) groups excluding carboxylic acids is 6. The molecular formula is C82H113N15O8S. The number of rotatable bonds is 14. The second-order valence-corrected chi connectivity index (χ2v) is 33.6. The molecule has 12 fully saturated rings. The van der Waals surface area contributed by atoms with Gasteiger partial charge in [-0.05, 0) is 170 Å². The van der Waals surface area contributed by atoms with Crippen molar-refractivity contribution in [2.75, 3.05) is 112 Å². The Kier molecular flexibility index (Phi) is 25.0. The molecule has 7 N–H and O–H groups in total. The van der Waals surface area contributed by atoms with Crippen molar-refractivity contribution in [3.63, 3.8) is 0 Å². The van der Waals surface area contributed by atoms with Gasteiger partial charge in [-0.25, -0.2) is 8.42 Å². The van der Waals surface area contributed by atoms with E-state index < -0.39 is 15.7 Å². The molecule has 10 aliphatic heterocycles. The molecule has 5 aromatic carbocycles. The van der Waals surface area contributed by atoms with Gasteiger partial charge in [-0.3, -0.25) is 48.4 Å². The van der Waals surface area contributed by atoms with Gasteiger partial charge in [0.15, 0.2) is 5.78 Å². The number of ketones is 1. The van der Waals surface area contributed by atoms with Crippen LogP contribution >= 0.6 is 0 Å². The van der Waals surface area contributed by atoms with E-state index in [4.69, 9.17) is 0 Å². The normalized spacial score (nSPS) is 24.0. The summed E-state index contributed by atoms with van der Waals surface area (Å²) < 4.78 is 27.2. The van der Waals surface area contributed by atoms with E-state index in [1.54, 1.807) is 0 Å². The van der Waals surface area contributed by atoms with Crippen LogP contribution in [0.1, 0.15) is 149 Å². The maximum absolute atomic E-state index is 13.0. The van der Waals surface area contributed by atoms with Crippen LogP contribution < -0.4 is 37.2 Å². The third-order valence-electron chi connectivity index (χ3n) is 24.4. The Morgan fingerprint density at radius 2 is 0.745 bits per heavy atom. The molecule has 12 aliphatic rings. The zero-order valence-electron chi connectivity index (χ0n) is 62.4. The van der Waals surface area contributed by atoms with Crippen molar-refractivity contribution >= 4 is 45.3 Å². The van der Waals surface area contributed by atoms with E-state index in [0.29, 0.717) is 57.7 Å². The van der Waals surface area contributed by atoms with Gasteiger partial charge in [0.05, 0.1) is 60.3 Å². The van der Waals surface area contributed by atoms with Gasteiger partial charge in [-0.2, -0.15) is 4.31 Å². The second kappa shape index (κ2) is 34.5. The summed E-state index contributed by atoms with van der Waals surface area (Å²) >= 11 is 0. The molecule has 24 heteroatoms. The smallest absolute Gasteiger partial charge is 0.245 e. The summed E-state index contributed by atoms with van der Waals surface area (Å²) in [6, 6.07) is 48.4. The lowest BCUT2D eigenvalue weighted by atomic mass is 9.89. The van der Waals surface area contributed by atoms with E-state index in [1.165, 1.54) is 109 Å². The van der Waals surface area contributed by atoms with Crippen LogP contribution in [0.3, 0.4) is 0 Å². The number of nitrogens with zero attached hydrogens (tertiary/aromatic N) is 8. The molecule has 0 aromatic heterocycles. The number of carbonyl (C=O) groups is 6. The first-order valence-corrected chi connectivity index (χ1v) is 40.7. The first kappa shape index (κ1) is 76.9. The summed E-state index contributed by atoms with van der Waals surface area (Å²) in [5, 5.41) is 22.4. The monoisotopic (exact) mass is 1470 g/mol. The zero-order chi connectivity index (χ0) is 73.8. The molecule has 2 aliphatic carbocycles. The molecule has 10 heterocycles. The molecular weight excluding hydrogens is 1360 g/mol. The Morgan fingerprint density at radius 3 is 1.12 bits per heavy atom. The summed E-state index contributed by atoms with van der Waals surface area (Å²) in [6.07, 6.45) is 19.1. The van der Waals surface area contributed by atoms with Crippen LogP contribution in [-0.2, 0) is 60.2 Å². The molecule has 5 spiro atoms. The van der Waals surface area contributed by atoms with E-state index in [-0.39, 0.29) is 69.4 Å². The van der Waals surface area contributed by atoms with Crippen LogP contribution in [0, 0.1) is 5.92 Å². The van der Waals surface area contributed by atoms with Crippen LogP contribution in [0.25, 0.3) is 0 Å². The van der Waals surface area contributed by atoms with Crippen molar-refractivity contribution < 1.29 is 37.2 Å². The SMILES string of the molecule is CC(=O)c1ccc(S(=O)(=O)N2CC(=O)NC23CCNCC3)cc1.CN1CCC2(CC1)NC(=O)CN2Cc1ccccc1.O=C1CN(Cc2ccccc2)C2(CCN(C3CCCCC3)CC2)N1.O=C1CN(Cc2ccccc2)C2(CCN(CC3CC3)CC2)N1.O=C1CN(Cc2ccccc2)C2(CCNCC2)N1. The second-order valence-electron chi connectivity index (χ2n) is 31.7. The number of sulfonamides is 1. The van der Waals surface area contributed by atoms with Crippen molar-refractivity contribution in [3.8, 4) is 0 Å². The Balaban J connectivity index is 0.000000118. The number of nitrogens with one attached hydrogen (secondary N) is 7. The van der Waals surface area contributed by atoms with E-state index in [1.807, 2.05) is 18.2 Å². The van der Waals surface area contributed by atoms with E-state index >= 15 is 0 Å². The first-order valence-electron chi connectivity index (χ1n) is 39.2. The van der Waals surface area contributed by atoms with Crippen molar-refractivity contribution in [3.05, 3.63) is 173 Å². The van der Waals surface area contributed by atoms with Crippen molar-refractivity contribution in [2.24, 2.45) is 5.92 Å². The maximum Gasteiger partial charge on any atom is 0.245 e. The molecule has 2 saturated carbocycles. The Morgan fingerprint density at radius 1 is 0.406 bits per heavy atom. The predicted molar refractivity (Wildman–Crippen MR) is 409 cm³/mol. The molecule has 570 valence electrons. The fraction of sp³-hybridized carbons (Fsp3) is 0.561. The number of hydrogen-bond acceptors (Lipinski definition) is 17. The van der Waals surface area contributed by atoms with Crippen LogP contribution in [0.2, 0.25) is 0 Å². The lowest BCUT2D eigenvalue weighted by molar-refractivity contribution is -0.120. The number of likely N-dealkylation sites (tertiary alicyclic amines) is 3. The summed E-state index contributed by atoms with van der Waals surface area (Å²) in [7, 11) is -1.67. The highest BCUT2D eigenvalue weighted by Crippen LogP contribution is 2.39. The maximum atomic E-state index is 13.0. The fourth-order valence-electron chi connectivity index (χ4n) is 18.1. The summed E-state index contributed by atoms with van der Waals surface area (Å²) in [5.41, 5.74) is 4.30. The third kappa shape index (κ3) is 18.8. The molecule has 0 bridgehead atoms. The highest BCUT2D eigenvalue weighted by atomic mass is 32.2. The molecule has 106 heavy (non-hydrogen) atoms. The highest BCUT2D eigenvalue weighted by Gasteiger charge is 2.53. The molecule has 0 radical (unpaired) electrons. The van der Waals surface area contributed by atoms with Crippen molar-refractivity contribution in [1.29, 1.82) is 0 Å². The topological polar surface area (TPSA) is 247 Å². The van der Waals surface area contributed by atoms with Gasteiger partial charge < -0.3 is 51.9 Å². The molecule has 23 nitrogen and oxygen atoms in total. The van der Waals surface area contributed by atoms with E-state index in [9.17, 15) is 37.2 Å². The molecule has 5 amide bonds. The van der Waals surface area contributed by atoms with Crippen molar-refractivity contribution in [2.45, 2.75) is 182 Å². The minimum atomic E-state index is -3.81. The first-order chi connectivity index (χ1) is 51.3. The Bertz CT molecular complexity index is 3870. The van der Waals surface area contributed by atoms with Gasteiger partial charge in [0, 0.05) is 83.6 Å². The molecule has 10 saturated heterocycles. The van der Waals surface area contributed by atoms with Crippen molar-refractivity contribution in [1.82, 2.24) is 75.8 Å². The average molecular weight is 1470 g/mol. The average Bonchev–Trinajstić information content (AvgIpc) is 1.56. The molecule has 5 aromatic rings. The number of amides is 5. The van der Waals surface area contributed by atoms with Crippen LogP contribution in [0.4, 0.5) is 0 Å². The number of hydrogen-bond donors (Lipinski definition) is 7. The van der Waals surface area contributed by atoms with Gasteiger partial charge in [-0.1, -0.05) is 153 Å². The minimum Gasteiger partial charge on any atom is -0.337 e.